The molecule has 2 aromatic heterocycles. The largest absolute Gasteiger partial charge is 0.503 e. The smallest absolute Gasteiger partial charge is 0.230 e. The molecule has 0 unspecified atom stereocenters. The van der Waals surface area contributed by atoms with E-state index < -0.39 is 5.43 Å². The van der Waals surface area contributed by atoms with Crippen molar-refractivity contribution in [2.75, 3.05) is 5.75 Å². The Morgan fingerprint density at radius 2 is 2.21 bits per heavy atom. The summed E-state index contributed by atoms with van der Waals surface area (Å²) in [7, 11) is 1.70. The molecule has 2 N–H and O–H groups in total. The summed E-state index contributed by atoms with van der Waals surface area (Å²) in [6.07, 6.45) is 1.33. The minimum atomic E-state index is -0.457. The van der Waals surface area contributed by atoms with Gasteiger partial charge in [0.25, 0.3) is 0 Å². The number of aromatic hydroxyl groups is 1. The van der Waals surface area contributed by atoms with Crippen molar-refractivity contribution in [2.45, 2.75) is 10.9 Å². The van der Waals surface area contributed by atoms with Crippen molar-refractivity contribution in [3.8, 4) is 5.75 Å². The number of para-hydroxylation sites is 1. The molecule has 0 aliphatic rings. The van der Waals surface area contributed by atoms with Crippen LogP contribution >= 0.6 is 23.1 Å². The lowest BCUT2D eigenvalue weighted by Crippen LogP contribution is -2.26. The first kappa shape index (κ1) is 16.5. The molecule has 3 aromatic rings. The number of nitrogens with zero attached hydrogens (tertiary/aromatic N) is 2. The number of rotatable bonds is 5. The maximum atomic E-state index is 12.0. The van der Waals surface area contributed by atoms with E-state index in [1.165, 1.54) is 24.0 Å². The van der Waals surface area contributed by atoms with Gasteiger partial charge in [-0.1, -0.05) is 23.9 Å². The Balaban J connectivity index is 1.56. The lowest BCUT2D eigenvalue weighted by molar-refractivity contribution is -0.118. The predicted octanol–water partition coefficient (Wildman–Crippen LogP) is 2.11. The Labute approximate surface area is 146 Å². The van der Waals surface area contributed by atoms with Gasteiger partial charge in [0.15, 0.2) is 10.1 Å². The first-order valence-corrected chi connectivity index (χ1v) is 8.97. The topological polar surface area (TPSA) is 84.2 Å². The van der Waals surface area contributed by atoms with Crippen LogP contribution in [0.3, 0.4) is 0 Å². The van der Waals surface area contributed by atoms with Crippen LogP contribution in [0.25, 0.3) is 10.2 Å². The SMILES string of the molecule is Cn1cc(O)c(=O)cc1CNC(=O)CSc1nc2ccccc2s1. The van der Waals surface area contributed by atoms with Crippen molar-refractivity contribution in [1.82, 2.24) is 14.9 Å². The van der Waals surface area contributed by atoms with E-state index in [4.69, 9.17) is 0 Å². The van der Waals surface area contributed by atoms with E-state index >= 15 is 0 Å². The number of carbonyl (C=O) groups excluding carboxylic acids is 1. The summed E-state index contributed by atoms with van der Waals surface area (Å²) >= 11 is 2.94. The average Bonchev–Trinajstić information content (AvgIpc) is 2.98. The maximum Gasteiger partial charge on any atom is 0.230 e. The van der Waals surface area contributed by atoms with Crippen LogP contribution in [0, 0.1) is 0 Å². The van der Waals surface area contributed by atoms with Crippen LogP contribution in [0.2, 0.25) is 0 Å². The number of pyridine rings is 1. The highest BCUT2D eigenvalue weighted by Crippen LogP contribution is 2.28. The molecule has 0 atom stereocenters. The number of nitrogens with one attached hydrogen (secondary N) is 1. The van der Waals surface area contributed by atoms with E-state index in [9.17, 15) is 14.7 Å². The first-order chi connectivity index (χ1) is 11.5. The van der Waals surface area contributed by atoms with Crippen molar-refractivity contribution < 1.29 is 9.90 Å². The highest BCUT2D eigenvalue weighted by Gasteiger charge is 2.09. The third-order valence-corrected chi connectivity index (χ3v) is 5.57. The molecule has 0 radical (unpaired) electrons. The summed E-state index contributed by atoms with van der Waals surface area (Å²) in [5.74, 6) is -0.190. The minimum absolute atomic E-state index is 0.139. The predicted molar refractivity (Wildman–Crippen MR) is 95.5 cm³/mol. The molecule has 3 rings (SSSR count). The summed E-state index contributed by atoms with van der Waals surface area (Å²) in [6.45, 7) is 0.227. The van der Waals surface area contributed by atoms with Gasteiger partial charge in [-0.2, -0.15) is 0 Å². The molecule has 124 valence electrons. The van der Waals surface area contributed by atoms with Gasteiger partial charge in [-0.15, -0.1) is 11.3 Å². The molecular formula is C16H15N3O3S2. The van der Waals surface area contributed by atoms with Gasteiger partial charge in [0.1, 0.15) is 0 Å². The summed E-state index contributed by atoms with van der Waals surface area (Å²) in [4.78, 5) is 27.9. The summed E-state index contributed by atoms with van der Waals surface area (Å²) in [6, 6.07) is 9.16. The molecule has 0 saturated carbocycles. The van der Waals surface area contributed by atoms with Gasteiger partial charge >= 0.3 is 0 Å². The number of hydrogen-bond acceptors (Lipinski definition) is 6. The van der Waals surface area contributed by atoms with Crippen LogP contribution in [0.5, 0.6) is 5.75 Å². The second-order valence-electron chi connectivity index (χ2n) is 5.14. The molecule has 0 aliphatic carbocycles. The zero-order valence-corrected chi connectivity index (χ0v) is 14.5. The Bertz CT molecular complexity index is 916. The Morgan fingerprint density at radius 1 is 1.42 bits per heavy atom. The summed E-state index contributed by atoms with van der Waals surface area (Å²) < 4.78 is 3.56. The van der Waals surface area contributed by atoms with Gasteiger partial charge in [-0.05, 0) is 12.1 Å². The third kappa shape index (κ3) is 3.77. The van der Waals surface area contributed by atoms with Gasteiger partial charge in [0, 0.05) is 25.0 Å². The Morgan fingerprint density at radius 3 is 3.00 bits per heavy atom. The monoisotopic (exact) mass is 361 g/mol. The van der Waals surface area contributed by atoms with Crippen LogP contribution < -0.4 is 10.7 Å². The number of aromatic nitrogens is 2. The highest BCUT2D eigenvalue weighted by atomic mass is 32.2. The first-order valence-electron chi connectivity index (χ1n) is 7.16. The fourth-order valence-electron chi connectivity index (χ4n) is 2.11. The molecule has 24 heavy (non-hydrogen) atoms. The molecule has 6 nitrogen and oxygen atoms in total. The number of carbonyl (C=O) groups is 1. The van der Waals surface area contributed by atoms with E-state index in [2.05, 4.69) is 10.3 Å². The molecule has 1 amide bonds. The van der Waals surface area contributed by atoms with Crippen molar-refractivity contribution in [3.63, 3.8) is 0 Å². The van der Waals surface area contributed by atoms with E-state index in [0.717, 1.165) is 14.6 Å². The molecule has 0 aliphatic heterocycles. The van der Waals surface area contributed by atoms with Crippen LogP contribution in [-0.4, -0.2) is 26.3 Å². The zero-order chi connectivity index (χ0) is 17.1. The minimum Gasteiger partial charge on any atom is -0.503 e. The molecule has 8 heteroatoms. The van der Waals surface area contributed by atoms with E-state index in [-0.39, 0.29) is 24.0 Å². The quantitative estimate of drug-likeness (QED) is 0.680. The number of thioether (sulfide) groups is 1. The standard InChI is InChI=1S/C16H15N3O3S2/c1-19-8-13(21)12(20)6-10(19)7-17-15(22)9-23-16-18-11-4-2-3-5-14(11)24-16/h2-6,8,21H,7,9H2,1H3,(H,17,22). The highest BCUT2D eigenvalue weighted by molar-refractivity contribution is 8.01. The fourth-order valence-corrected chi connectivity index (χ4v) is 4.01. The van der Waals surface area contributed by atoms with Crippen LogP contribution in [0.15, 0.2) is 45.7 Å². The second kappa shape index (κ2) is 7.06. The zero-order valence-electron chi connectivity index (χ0n) is 12.9. The molecule has 0 bridgehead atoms. The van der Waals surface area contributed by atoms with Crippen molar-refractivity contribution in [1.29, 1.82) is 0 Å². The molecule has 1 aromatic carbocycles. The number of fused-ring (bicyclic) bond motifs is 1. The van der Waals surface area contributed by atoms with Gasteiger partial charge in [-0.3, -0.25) is 9.59 Å². The van der Waals surface area contributed by atoms with E-state index in [1.54, 1.807) is 23.0 Å². The molecule has 2 heterocycles. The molecule has 0 spiro atoms. The van der Waals surface area contributed by atoms with Gasteiger partial charge in [0.05, 0.1) is 22.5 Å². The van der Waals surface area contributed by atoms with Crippen LogP contribution in [0.4, 0.5) is 0 Å². The number of hydrogen-bond donors (Lipinski definition) is 2. The van der Waals surface area contributed by atoms with Crippen LogP contribution in [-0.2, 0) is 18.4 Å². The van der Waals surface area contributed by atoms with Gasteiger partial charge in [-0.25, -0.2) is 4.98 Å². The van der Waals surface area contributed by atoms with Crippen molar-refractivity contribution >= 4 is 39.2 Å². The lowest BCUT2D eigenvalue weighted by atomic mass is 10.3. The fraction of sp³-hybridized carbons (Fsp3) is 0.188. The third-order valence-electron chi connectivity index (χ3n) is 3.39. The summed E-state index contributed by atoms with van der Waals surface area (Å²) in [5.41, 5.74) is 1.10. The second-order valence-corrected chi connectivity index (χ2v) is 7.39. The van der Waals surface area contributed by atoms with Gasteiger partial charge < -0.3 is 15.0 Å². The number of benzene rings is 1. The lowest BCUT2D eigenvalue weighted by Gasteiger charge is -2.09. The molecule has 0 fully saturated rings. The molecular weight excluding hydrogens is 346 g/mol. The van der Waals surface area contributed by atoms with Crippen molar-refractivity contribution in [3.05, 3.63) is 52.4 Å². The average molecular weight is 361 g/mol. The number of aryl methyl sites for hydroxylation is 1. The Kier molecular flexibility index (Phi) is 4.86. The number of amides is 1. The normalized spacial score (nSPS) is 10.9. The van der Waals surface area contributed by atoms with Crippen LogP contribution in [0.1, 0.15) is 5.69 Å². The molecule has 0 saturated heterocycles. The van der Waals surface area contributed by atoms with E-state index in [0.29, 0.717) is 5.69 Å². The maximum absolute atomic E-state index is 12.0. The van der Waals surface area contributed by atoms with E-state index in [1.807, 2.05) is 24.3 Å². The Hall–Kier alpha value is -2.32. The van der Waals surface area contributed by atoms with Gasteiger partial charge in [0.2, 0.25) is 11.3 Å². The van der Waals surface area contributed by atoms with Crippen molar-refractivity contribution in [2.24, 2.45) is 7.05 Å². The summed E-state index contributed by atoms with van der Waals surface area (Å²) in [5, 5.41) is 12.1. The number of thiazole rings is 1.